The molecule has 13 heavy (non-hydrogen) atoms. The van der Waals surface area contributed by atoms with Crippen LogP contribution in [0.2, 0.25) is 0 Å². The maximum absolute atomic E-state index is 11.2. The van der Waals surface area contributed by atoms with Crippen molar-refractivity contribution in [2.24, 2.45) is 5.41 Å². The smallest absolute Gasteiger partial charge is 0.233 e. The Morgan fingerprint density at radius 1 is 1.46 bits per heavy atom. The van der Waals surface area contributed by atoms with Crippen LogP contribution in [0.1, 0.15) is 33.1 Å². The minimum absolute atomic E-state index is 0.126. The van der Waals surface area contributed by atoms with Crippen LogP contribution in [0.4, 0.5) is 0 Å². The van der Waals surface area contributed by atoms with Crippen molar-refractivity contribution < 1.29 is 4.79 Å². The van der Waals surface area contributed by atoms with Crippen molar-refractivity contribution in [1.29, 1.82) is 0 Å². The zero-order valence-electron chi connectivity index (χ0n) is 8.65. The van der Waals surface area contributed by atoms with Crippen molar-refractivity contribution in [3.8, 4) is 0 Å². The van der Waals surface area contributed by atoms with E-state index in [0.717, 1.165) is 19.5 Å². The average molecular weight is 184 g/mol. The van der Waals surface area contributed by atoms with Crippen molar-refractivity contribution in [2.45, 2.75) is 33.1 Å². The number of nitrogens with one attached hydrogen (secondary N) is 2. The SMILES string of the molecule is CCCNCC(=O)NCC1(C)CC1. The number of amides is 1. The summed E-state index contributed by atoms with van der Waals surface area (Å²) in [6.07, 6.45) is 3.59. The summed E-state index contributed by atoms with van der Waals surface area (Å²) >= 11 is 0. The lowest BCUT2D eigenvalue weighted by Crippen LogP contribution is -2.36. The fraction of sp³-hybridized carbons (Fsp3) is 0.900. The summed E-state index contributed by atoms with van der Waals surface area (Å²) in [4.78, 5) is 11.2. The lowest BCUT2D eigenvalue weighted by molar-refractivity contribution is -0.120. The first-order valence-corrected chi connectivity index (χ1v) is 5.14. The van der Waals surface area contributed by atoms with Gasteiger partial charge in [0.25, 0.3) is 0 Å². The molecule has 0 aromatic heterocycles. The number of carbonyl (C=O) groups is 1. The molecular weight excluding hydrogens is 164 g/mol. The Balaban J connectivity index is 1.97. The topological polar surface area (TPSA) is 41.1 Å². The van der Waals surface area contributed by atoms with Crippen LogP contribution in [-0.4, -0.2) is 25.5 Å². The fourth-order valence-corrected chi connectivity index (χ4v) is 1.14. The molecule has 0 radical (unpaired) electrons. The van der Waals surface area contributed by atoms with Gasteiger partial charge in [0.05, 0.1) is 6.54 Å². The summed E-state index contributed by atoms with van der Waals surface area (Å²) in [5, 5.41) is 6.02. The normalized spacial score (nSPS) is 18.3. The highest BCUT2D eigenvalue weighted by molar-refractivity contribution is 5.78. The van der Waals surface area contributed by atoms with Crippen LogP contribution in [0.15, 0.2) is 0 Å². The molecule has 1 aliphatic carbocycles. The zero-order chi connectivity index (χ0) is 9.73. The fourth-order valence-electron chi connectivity index (χ4n) is 1.14. The van der Waals surface area contributed by atoms with Gasteiger partial charge in [-0.05, 0) is 31.2 Å². The van der Waals surface area contributed by atoms with Gasteiger partial charge in [0, 0.05) is 6.54 Å². The van der Waals surface area contributed by atoms with Gasteiger partial charge >= 0.3 is 0 Å². The second-order valence-electron chi connectivity index (χ2n) is 4.26. The van der Waals surface area contributed by atoms with E-state index < -0.39 is 0 Å². The Bertz CT molecular complexity index is 176. The van der Waals surface area contributed by atoms with E-state index in [1.54, 1.807) is 0 Å². The quantitative estimate of drug-likeness (QED) is 0.602. The Morgan fingerprint density at radius 3 is 2.69 bits per heavy atom. The van der Waals surface area contributed by atoms with Crippen LogP contribution in [0.25, 0.3) is 0 Å². The summed E-state index contributed by atoms with van der Waals surface area (Å²) in [5.74, 6) is 0.126. The molecule has 0 atom stereocenters. The molecule has 0 bridgehead atoms. The van der Waals surface area contributed by atoms with Gasteiger partial charge < -0.3 is 10.6 Å². The lowest BCUT2D eigenvalue weighted by Gasteiger charge is -2.10. The standard InChI is InChI=1S/C10H20N2O/c1-3-6-11-7-9(13)12-8-10(2)4-5-10/h11H,3-8H2,1-2H3,(H,12,13). The van der Waals surface area contributed by atoms with Gasteiger partial charge in [-0.15, -0.1) is 0 Å². The molecule has 0 spiro atoms. The molecule has 0 saturated heterocycles. The van der Waals surface area contributed by atoms with Crippen LogP contribution in [0.3, 0.4) is 0 Å². The summed E-state index contributed by atoms with van der Waals surface area (Å²) < 4.78 is 0. The molecule has 1 aliphatic rings. The molecule has 3 nitrogen and oxygen atoms in total. The second-order valence-corrected chi connectivity index (χ2v) is 4.26. The monoisotopic (exact) mass is 184 g/mol. The van der Waals surface area contributed by atoms with E-state index in [2.05, 4.69) is 24.5 Å². The van der Waals surface area contributed by atoms with Gasteiger partial charge in [-0.3, -0.25) is 4.79 Å². The van der Waals surface area contributed by atoms with E-state index >= 15 is 0 Å². The maximum atomic E-state index is 11.2. The number of rotatable bonds is 6. The summed E-state index contributed by atoms with van der Waals surface area (Å²) in [7, 11) is 0. The summed E-state index contributed by atoms with van der Waals surface area (Å²) in [6, 6.07) is 0. The minimum atomic E-state index is 0.126. The third kappa shape index (κ3) is 4.27. The van der Waals surface area contributed by atoms with E-state index in [-0.39, 0.29) is 5.91 Å². The predicted octanol–water partition coefficient (Wildman–Crippen LogP) is 0.902. The second kappa shape index (κ2) is 4.61. The van der Waals surface area contributed by atoms with Gasteiger partial charge in [-0.25, -0.2) is 0 Å². The molecule has 3 heteroatoms. The molecule has 2 N–H and O–H groups in total. The van der Waals surface area contributed by atoms with E-state index in [1.807, 2.05) is 0 Å². The molecule has 0 heterocycles. The van der Waals surface area contributed by atoms with E-state index in [0.29, 0.717) is 12.0 Å². The van der Waals surface area contributed by atoms with Gasteiger partial charge in [-0.1, -0.05) is 13.8 Å². The molecule has 0 unspecified atom stereocenters. The number of hydrogen-bond acceptors (Lipinski definition) is 2. The van der Waals surface area contributed by atoms with Gasteiger partial charge in [0.1, 0.15) is 0 Å². The third-order valence-electron chi connectivity index (χ3n) is 2.53. The molecule has 0 aliphatic heterocycles. The van der Waals surface area contributed by atoms with Crippen LogP contribution in [-0.2, 0) is 4.79 Å². The average Bonchev–Trinajstić information content (AvgIpc) is 2.82. The van der Waals surface area contributed by atoms with Crippen LogP contribution >= 0.6 is 0 Å². The molecule has 0 aromatic carbocycles. The molecular formula is C10H20N2O. The Labute approximate surface area is 80.3 Å². The summed E-state index contributed by atoms with van der Waals surface area (Å²) in [6.45, 7) is 6.54. The summed E-state index contributed by atoms with van der Waals surface area (Å²) in [5.41, 5.74) is 0.417. The predicted molar refractivity (Wildman–Crippen MR) is 53.5 cm³/mol. The molecule has 1 fully saturated rings. The molecule has 1 amide bonds. The van der Waals surface area contributed by atoms with Gasteiger partial charge in [0.15, 0.2) is 0 Å². The highest BCUT2D eigenvalue weighted by atomic mass is 16.1. The first-order valence-electron chi connectivity index (χ1n) is 5.14. The zero-order valence-corrected chi connectivity index (χ0v) is 8.65. The number of carbonyl (C=O) groups excluding carboxylic acids is 1. The van der Waals surface area contributed by atoms with Gasteiger partial charge in [-0.2, -0.15) is 0 Å². The Morgan fingerprint density at radius 2 is 2.15 bits per heavy atom. The van der Waals surface area contributed by atoms with E-state index in [9.17, 15) is 4.79 Å². The largest absolute Gasteiger partial charge is 0.354 e. The molecule has 76 valence electrons. The van der Waals surface area contributed by atoms with Gasteiger partial charge in [0.2, 0.25) is 5.91 Å². The van der Waals surface area contributed by atoms with Crippen molar-refractivity contribution in [1.82, 2.24) is 10.6 Å². The van der Waals surface area contributed by atoms with Crippen LogP contribution in [0.5, 0.6) is 0 Å². The Kier molecular flexibility index (Phi) is 3.72. The number of hydrogen-bond donors (Lipinski definition) is 2. The third-order valence-corrected chi connectivity index (χ3v) is 2.53. The molecule has 0 aromatic rings. The highest BCUT2D eigenvalue weighted by Gasteiger charge is 2.37. The van der Waals surface area contributed by atoms with Crippen molar-refractivity contribution >= 4 is 5.91 Å². The van der Waals surface area contributed by atoms with Crippen molar-refractivity contribution in [3.63, 3.8) is 0 Å². The van der Waals surface area contributed by atoms with Crippen molar-refractivity contribution in [2.75, 3.05) is 19.6 Å². The first kappa shape index (κ1) is 10.5. The lowest BCUT2D eigenvalue weighted by atomic mass is 10.1. The Hall–Kier alpha value is -0.570. The highest BCUT2D eigenvalue weighted by Crippen LogP contribution is 2.43. The molecule has 1 rings (SSSR count). The van der Waals surface area contributed by atoms with E-state index in [1.165, 1.54) is 12.8 Å². The van der Waals surface area contributed by atoms with Crippen molar-refractivity contribution in [3.05, 3.63) is 0 Å². The maximum Gasteiger partial charge on any atom is 0.233 e. The minimum Gasteiger partial charge on any atom is -0.354 e. The van der Waals surface area contributed by atoms with Crippen LogP contribution < -0.4 is 10.6 Å². The molecule has 1 saturated carbocycles. The first-order chi connectivity index (χ1) is 6.16. The van der Waals surface area contributed by atoms with Crippen LogP contribution in [0, 0.1) is 5.41 Å². The van der Waals surface area contributed by atoms with E-state index in [4.69, 9.17) is 0 Å².